The first-order chi connectivity index (χ1) is 11.2. The molecule has 2 aromatic heterocycles. The second-order valence-corrected chi connectivity index (χ2v) is 6.64. The molecule has 1 aliphatic rings. The third-order valence-corrected chi connectivity index (χ3v) is 4.82. The van der Waals surface area contributed by atoms with Crippen LogP contribution in [-0.4, -0.2) is 52.4 Å². The highest BCUT2D eigenvalue weighted by Crippen LogP contribution is 2.23. The van der Waals surface area contributed by atoms with E-state index < -0.39 is 0 Å². The van der Waals surface area contributed by atoms with Crippen molar-refractivity contribution >= 4 is 35.1 Å². The Labute approximate surface area is 145 Å². The van der Waals surface area contributed by atoms with Crippen molar-refractivity contribution in [2.45, 2.75) is 24.0 Å². The normalized spacial score (nSPS) is 15.7. The van der Waals surface area contributed by atoms with Crippen LogP contribution in [0.15, 0.2) is 29.8 Å². The van der Waals surface area contributed by atoms with Crippen molar-refractivity contribution in [3.8, 4) is 0 Å². The fraction of sp³-hybridized carbons (Fsp3) is 0.467. The van der Waals surface area contributed by atoms with E-state index in [0.29, 0.717) is 11.1 Å². The fourth-order valence-corrected chi connectivity index (χ4v) is 3.19. The number of halogens is 1. The lowest BCUT2D eigenvalue weighted by atomic mass is 10.0. The molecule has 23 heavy (non-hydrogen) atoms. The van der Waals surface area contributed by atoms with Gasteiger partial charge >= 0.3 is 0 Å². The molecule has 0 atom stereocenters. The van der Waals surface area contributed by atoms with Crippen LogP contribution < -0.4 is 9.80 Å². The first-order valence-corrected chi connectivity index (χ1v) is 9.10. The monoisotopic (exact) mass is 350 g/mol. The number of anilines is 2. The molecule has 6 nitrogen and oxygen atoms in total. The average Bonchev–Trinajstić information content (AvgIpc) is 2.62. The van der Waals surface area contributed by atoms with Gasteiger partial charge in [-0.15, -0.1) is 0 Å². The summed E-state index contributed by atoms with van der Waals surface area (Å²) >= 11 is 7.42. The van der Waals surface area contributed by atoms with Crippen molar-refractivity contribution in [3.05, 3.63) is 29.7 Å². The van der Waals surface area contributed by atoms with Gasteiger partial charge in [0.15, 0.2) is 5.16 Å². The maximum absolute atomic E-state index is 5.85. The summed E-state index contributed by atoms with van der Waals surface area (Å²) in [7, 11) is 2.04. The molecule has 122 valence electrons. The number of hydrogen-bond acceptors (Lipinski definition) is 7. The molecule has 0 amide bonds. The third-order valence-electron chi connectivity index (χ3n) is 4.06. The highest BCUT2D eigenvalue weighted by molar-refractivity contribution is 7.98. The molecule has 0 aromatic carbocycles. The predicted octanol–water partition coefficient (Wildman–Crippen LogP) is 2.75. The van der Waals surface area contributed by atoms with Gasteiger partial charge in [0.1, 0.15) is 5.82 Å². The predicted molar refractivity (Wildman–Crippen MR) is 94.5 cm³/mol. The summed E-state index contributed by atoms with van der Waals surface area (Å²) in [6.07, 6.45) is 9.18. The van der Waals surface area contributed by atoms with Gasteiger partial charge < -0.3 is 9.80 Å². The number of hydrogen-bond donors (Lipinski definition) is 0. The lowest BCUT2D eigenvalue weighted by Gasteiger charge is -2.37. The molecule has 0 N–H and O–H groups in total. The smallest absolute Gasteiger partial charge is 0.225 e. The maximum atomic E-state index is 5.85. The van der Waals surface area contributed by atoms with Crippen LogP contribution in [0.5, 0.6) is 0 Å². The summed E-state index contributed by atoms with van der Waals surface area (Å²) in [6.45, 7) is 1.93. The molecule has 1 aliphatic heterocycles. The van der Waals surface area contributed by atoms with Crippen molar-refractivity contribution in [3.63, 3.8) is 0 Å². The molecule has 1 saturated heterocycles. The fourth-order valence-electron chi connectivity index (χ4n) is 2.74. The van der Waals surface area contributed by atoms with E-state index in [2.05, 4.69) is 29.7 Å². The summed E-state index contributed by atoms with van der Waals surface area (Å²) in [5, 5.41) is 1.38. The Morgan fingerprint density at radius 1 is 1.22 bits per heavy atom. The summed E-state index contributed by atoms with van der Waals surface area (Å²) in [5.41, 5.74) is 0. The topological polar surface area (TPSA) is 58.0 Å². The van der Waals surface area contributed by atoms with Crippen LogP contribution in [0.2, 0.25) is 5.02 Å². The second-order valence-electron chi connectivity index (χ2n) is 5.43. The van der Waals surface area contributed by atoms with Crippen molar-refractivity contribution < 1.29 is 0 Å². The van der Waals surface area contributed by atoms with E-state index in [4.69, 9.17) is 11.6 Å². The standard InChI is InChI=1S/C15H19ClN6S/c1-21(14-18-9-11(16)10-19-14)12-4-7-22(8-5-12)13-3-6-17-15(20-13)23-2/h3,6,9-10,12H,4-5,7-8H2,1-2H3. The van der Waals surface area contributed by atoms with Gasteiger partial charge in [0.05, 0.1) is 17.4 Å². The zero-order valence-electron chi connectivity index (χ0n) is 13.2. The van der Waals surface area contributed by atoms with E-state index in [0.717, 1.165) is 42.9 Å². The minimum atomic E-state index is 0.425. The Morgan fingerprint density at radius 3 is 2.57 bits per heavy atom. The molecular weight excluding hydrogens is 332 g/mol. The van der Waals surface area contributed by atoms with Gasteiger partial charge in [-0.2, -0.15) is 0 Å². The quantitative estimate of drug-likeness (QED) is 0.620. The average molecular weight is 351 g/mol. The van der Waals surface area contributed by atoms with Crippen LogP contribution in [-0.2, 0) is 0 Å². The van der Waals surface area contributed by atoms with Crippen LogP contribution in [0.25, 0.3) is 0 Å². The van der Waals surface area contributed by atoms with Crippen molar-refractivity contribution in [1.82, 2.24) is 19.9 Å². The molecule has 2 aromatic rings. The molecule has 3 rings (SSSR count). The molecular formula is C15H19ClN6S. The van der Waals surface area contributed by atoms with E-state index >= 15 is 0 Å². The molecule has 0 bridgehead atoms. The van der Waals surface area contributed by atoms with Crippen LogP contribution in [0.3, 0.4) is 0 Å². The maximum Gasteiger partial charge on any atom is 0.225 e. The van der Waals surface area contributed by atoms with Crippen LogP contribution in [0.1, 0.15) is 12.8 Å². The van der Waals surface area contributed by atoms with E-state index in [1.165, 1.54) is 0 Å². The van der Waals surface area contributed by atoms with Crippen molar-refractivity contribution in [1.29, 1.82) is 0 Å². The Bertz CT molecular complexity index is 645. The Morgan fingerprint density at radius 2 is 1.91 bits per heavy atom. The first-order valence-electron chi connectivity index (χ1n) is 7.49. The number of nitrogens with zero attached hydrogens (tertiary/aromatic N) is 6. The number of piperidine rings is 1. The van der Waals surface area contributed by atoms with E-state index in [1.807, 2.05) is 25.6 Å². The highest BCUT2D eigenvalue weighted by Gasteiger charge is 2.24. The van der Waals surface area contributed by atoms with Gasteiger partial charge in [-0.05, 0) is 25.2 Å². The minimum Gasteiger partial charge on any atom is -0.356 e. The van der Waals surface area contributed by atoms with E-state index in [1.54, 1.807) is 24.2 Å². The number of rotatable bonds is 4. The Hall–Kier alpha value is -1.60. The summed E-state index contributed by atoms with van der Waals surface area (Å²) in [6, 6.07) is 2.40. The number of aromatic nitrogens is 4. The van der Waals surface area contributed by atoms with Gasteiger partial charge in [-0.1, -0.05) is 23.4 Å². The Balaban J connectivity index is 1.62. The van der Waals surface area contributed by atoms with E-state index in [9.17, 15) is 0 Å². The van der Waals surface area contributed by atoms with Gasteiger partial charge in [0.25, 0.3) is 0 Å². The molecule has 0 radical (unpaired) electrons. The zero-order chi connectivity index (χ0) is 16.2. The summed E-state index contributed by atoms with van der Waals surface area (Å²) in [5.74, 6) is 1.73. The lowest BCUT2D eigenvalue weighted by molar-refractivity contribution is 0.474. The molecule has 1 fully saturated rings. The largest absolute Gasteiger partial charge is 0.356 e. The van der Waals surface area contributed by atoms with Gasteiger partial charge in [0, 0.05) is 32.4 Å². The summed E-state index contributed by atoms with van der Waals surface area (Å²) < 4.78 is 0. The van der Waals surface area contributed by atoms with E-state index in [-0.39, 0.29) is 0 Å². The molecule has 0 aliphatic carbocycles. The SMILES string of the molecule is CSc1nccc(N2CCC(N(C)c3ncc(Cl)cn3)CC2)n1. The first kappa shape index (κ1) is 16.3. The molecule has 3 heterocycles. The minimum absolute atomic E-state index is 0.425. The van der Waals surface area contributed by atoms with Crippen LogP contribution in [0.4, 0.5) is 11.8 Å². The second kappa shape index (κ2) is 7.31. The molecule has 0 saturated carbocycles. The van der Waals surface area contributed by atoms with Crippen molar-refractivity contribution in [2.24, 2.45) is 0 Å². The lowest BCUT2D eigenvalue weighted by Crippen LogP contribution is -2.44. The zero-order valence-corrected chi connectivity index (χ0v) is 14.8. The summed E-state index contributed by atoms with van der Waals surface area (Å²) in [4.78, 5) is 21.9. The number of thioether (sulfide) groups is 1. The third kappa shape index (κ3) is 3.84. The van der Waals surface area contributed by atoms with Crippen LogP contribution >= 0.6 is 23.4 Å². The van der Waals surface area contributed by atoms with Gasteiger partial charge in [0.2, 0.25) is 5.95 Å². The molecule has 0 unspecified atom stereocenters. The van der Waals surface area contributed by atoms with Gasteiger partial charge in [-0.3, -0.25) is 0 Å². The molecule has 8 heteroatoms. The highest BCUT2D eigenvalue weighted by atomic mass is 35.5. The van der Waals surface area contributed by atoms with Gasteiger partial charge in [-0.25, -0.2) is 19.9 Å². The van der Waals surface area contributed by atoms with Crippen molar-refractivity contribution in [2.75, 3.05) is 36.2 Å². The van der Waals surface area contributed by atoms with Crippen LogP contribution in [0, 0.1) is 0 Å². The molecule has 0 spiro atoms. The Kier molecular flexibility index (Phi) is 5.17.